The van der Waals surface area contributed by atoms with Crippen LogP contribution in [0.4, 0.5) is 0 Å². The summed E-state index contributed by atoms with van der Waals surface area (Å²) in [7, 11) is 2.18. The number of nitrogens with zero attached hydrogens (tertiary/aromatic N) is 1. The second-order valence-electron chi connectivity index (χ2n) is 6.30. The maximum absolute atomic E-state index is 12.5. The summed E-state index contributed by atoms with van der Waals surface area (Å²) < 4.78 is 0. The summed E-state index contributed by atoms with van der Waals surface area (Å²) in [4.78, 5) is 14.9. The van der Waals surface area contributed by atoms with Crippen molar-refractivity contribution in [1.29, 1.82) is 0 Å². The second kappa shape index (κ2) is 6.71. The van der Waals surface area contributed by atoms with Crippen molar-refractivity contribution in [2.45, 2.75) is 51.5 Å². The van der Waals surface area contributed by atoms with E-state index in [1.807, 2.05) is 0 Å². The van der Waals surface area contributed by atoms with E-state index < -0.39 is 0 Å². The predicted octanol–water partition coefficient (Wildman–Crippen LogP) is 1.37. The quantitative estimate of drug-likeness (QED) is 0.791. The number of likely N-dealkylation sites (tertiary alicyclic amines) is 1. The highest BCUT2D eigenvalue weighted by molar-refractivity contribution is 5.83. The SMILES string of the molecule is CCCC1(C(=O)NCC2CCCCN2C)CCNC1. The van der Waals surface area contributed by atoms with Crippen molar-refractivity contribution >= 4 is 5.91 Å². The number of carbonyl (C=O) groups is 1. The fraction of sp³-hybridized carbons (Fsp3) is 0.933. The van der Waals surface area contributed by atoms with Gasteiger partial charge in [0.25, 0.3) is 0 Å². The first-order chi connectivity index (χ1) is 9.18. The first-order valence-corrected chi connectivity index (χ1v) is 7.87. The molecular weight excluding hydrogens is 238 g/mol. The zero-order valence-electron chi connectivity index (χ0n) is 12.5. The van der Waals surface area contributed by atoms with Crippen molar-refractivity contribution in [3.05, 3.63) is 0 Å². The summed E-state index contributed by atoms with van der Waals surface area (Å²) in [5, 5.41) is 6.58. The van der Waals surface area contributed by atoms with E-state index in [1.54, 1.807) is 0 Å². The molecule has 2 N–H and O–H groups in total. The summed E-state index contributed by atoms with van der Waals surface area (Å²) in [5.74, 6) is 0.276. The summed E-state index contributed by atoms with van der Waals surface area (Å²) in [5.41, 5.74) is -0.137. The van der Waals surface area contributed by atoms with E-state index in [0.717, 1.165) is 38.9 Å². The molecular formula is C15H29N3O. The molecule has 0 aliphatic carbocycles. The Bertz CT molecular complexity index is 300. The number of hydrogen-bond donors (Lipinski definition) is 2. The molecule has 1 amide bonds. The molecule has 2 rings (SSSR count). The highest BCUT2D eigenvalue weighted by Crippen LogP contribution is 2.31. The average molecular weight is 267 g/mol. The van der Waals surface area contributed by atoms with E-state index >= 15 is 0 Å². The van der Waals surface area contributed by atoms with Gasteiger partial charge >= 0.3 is 0 Å². The first kappa shape index (κ1) is 14.8. The van der Waals surface area contributed by atoms with Crippen LogP contribution in [0.3, 0.4) is 0 Å². The fourth-order valence-electron chi connectivity index (χ4n) is 3.54. The molecule has 4 heteroatoms. The van der Waals surface area contributed by atoms with Crippen LogP contribution in [0.25, 0.3) is 0 Å². The molecule has 0 radical (unpaired) electrons. The maximum Gasteiger partial charge on any atom is 0.227 e. The normalized spacial score (nSPS) is 32.4. The molecule has 0 aromatic heterocycles. The number of likely N-dealkylation sites (N-methyl/N-ethyl adjacent to an activating group) is 1. The van der Waals surface area contributed by atoms with E-state index in [0.29, 0.717) is 6.04 Å². The molecule has 4 nitrogen and oxygen atoms in total. The van der Waals surface area contributed by atoms with Crippen molar-refractivity contribution < 1.29 is 4.79 Å². The molecule has 2 heterocycles. The lowest BCUT2D eigenvalue weighted by Gasteiger charge is -2.34. The molecule has 2 unspecified atom stereocenters. The maximum atomic E-state index is 12.5. The van der Waals surface area contributed by atoms with Gasteiger partial charge in [-0.1, -0.05) is 19.8 Å². The molecule has 19 heavy (non-hydrogen) atoms. The number of nitrogens with one attached hydrogen (secondary N) is 2. The van der Waals surface area contributed by atoms with Crippen LogP contribution in [-0.2, 0) is 4.79 Å². The van der Waals surface area contributed by atoms with E-state index in [9.17, 15) is 4.79 Å². The summed E-state index contributed by atoms with van der Waals surface area (Å²) in [6.45, 7) is 6.00. The molecule has 0 saturated carbocycles. The van der Waals surface area contributed by atoms with Gasteiger partial charge in [0.1, 0.15) is 0 Å². The minimum Gasteiger partial charge on any atom is -0.354 e. The molecule has 2 aliphatic rings. The lowest BCUT2D eigenvalue weighted by molar-refractivity contribution is -0.130. The Morgan fingerprint density at radius 3 is 2.95 bits per heavy atom. The molecule has 0 aromatic carbocycles. The van der Waals surface area contributed by atoms with Crippen molar-refractivity contribution in [3.63, 3.8) is 0 Å². The average Bonchev–Trinajstić information content (AvgIpc) is 2.88. The molecule has 2 atom stereocenters. The van der Waals surface area contributed by atoms with Gasteiger partial charge in [-0.3, -0.25) is 4.79 Å². The summed E-state index contributed by atoms with van der Waals surface area (Å²) in [6.07, 6.45) is 6.89. The van der Waals surface area contributed by atoms with Gasteiger partial charge in [-0.2, -0.15) is 0 Å². The van der Waals surface area contributed by atoms with Gasteiger partial charge < -0.3 is 15.5 Å². The van der Waals surface area contributed by atoms with E-state index in [4.69, 9.17) is 0 Å². The van der Waals surface area contributed by atoms with Crippen molar-refractivity contribution in [3.8, 4) is 0 Å². The van der Waals surface area contributed by atoms with Gasteiger partial charge in [-0.15, -0.1) is 0 Å². The number of amides is 1. The van der Waals surface area contributed by atoms with Gasteiger partial charge in [0, 0.05) is 19.1 Å². The van der Waals surface area contributed by atoms with Crippen LogP contribution in [0.1, 0.15) is 45.4 Å². The van der Waals surface area contributed by atoms with Crippen LogP contribution in [0.2, 0.25) is 0 Å². The molecule has 0 spiro atoms. The monoisotopic (exact) mass is 267 g/mol. The first-order valence-electron chi connectivity index (χ1n) is 7.87. The lowest BCUT2D eigenvalue weighted by atomic mass is 9.81. The lowest BCUT2D eigenvalue weighted by Crippen LogP contribution is -2.49. The Morgan fingerprint density at radius 1 is 1.47 bits per heavy atom. The van der Waals surface area contributed by atoms with Crippen LogP contribution in [0.5, 0.6) is 0 Å². The molecule has 0 aromatic rings. The fourth-order valence-corrected chi connectivity index (χ4v) is 3.54. The molecule has 110 valence electrons. The number of carbonyl (C=O) groups excluding carboxylic acids is 1. The number of rotatable bonds is 5. The molecule has 2 aliphatic heterocycles. The standard InChI is InChI=1S/C15H29N3O/c1-3-7-15(8-9-16-12-15)14(19)17-11-13-6-4-5-10-18(13)2/h13,16H,3-12H2,1-2H3,(H,17,19). The van der Waals surface area contributed by atoms with E-state index in [1.165, 1.54) is 25.8 Å². The highest BCUT2D eigenvalue weighted by Gasteiger charge is 2.40. The third kappa shape index (κ3) is 3.48. The van der Waals surface area contributed by atoms with Gasteiger partial charge in [0.05, 0.1) is 5.41 Å². The minimum atomic E-state index is -0.137. The van der Waals surface area contributed by atoms with Crippen LogP contribution in [-0.4, -0.2) is 50.1 Å². The topological polar surface area (TPSA) is 44.4 Å². The summed E-state index contributed by atoms with van der Waals surface area (Å²) in [6, 6.07) is 0.533. The van der Waals surface area contributed by atoms with Crippen molar-refractivity contribution in [1.82, 2.24) is 15.5 Å². The van der Waals surface area contributed by atoms with Gasteiger partial charge in [0.15, 0.2) is 0 Å². The van der Waals surface area contributed by atoms with Crippen LogP contribution in [0.15, 0.2) is 0 Å². The van der Waals surface area contributed by atoms with Crippen LogP contribution in [0, 0.1) is 5.41 Å². The Morgan fingerprint density at radius 2 is 2.32 bits per heavy atom. The Balaban J connectivity index is 1.85. The van der Waals surface area contributed by atoms with Gasteiger partial charge in [-0.25, -0.2) is 0 Å². The smallest absolute Gasteiger partial charge is 0.227 e. The third-order valence-corrected chi connectivity index (χ3v) is 4.87. The largest absolute Gasteiger partial charge is 0.354 e. The Labute approximate surface area is 117 Å². The molecule has 2 fully saturated rings. The van der Waals surface area contributed by atoms with Crippen molar-refractivity contribution in [2.75, 3.05) is 33.2 Å². The van der Waals surface area contributed by atoms with E-state index in [-0.39, 0.29) is 11.3 Å². The zero-order chi connectivity index (χ0) is 13.7. The Hall–Kier alpha value is -0.610. The zero-order valence-corrected chi connectivity index (χ0v) is 12.5. The predicted molar refractivity (Wildman–Crippen MR) is 78.1 cm³/mol. The van der Waals surface area contributed by atoms with Crippen molar-refractivity contribution in [2.24, 2.45) is 5.41 Å². The summed E-state index contributed by atoms with van der Waals surface area (Å²) >= 11 is 0. The Kier molecular flexibility index (Phi) is 5.22. The van der Waals surface area contributed by atoms with Gasteiger partial charge in [0.2, 0.25) is 5.91 Å². The third-order valence-electron chi connectivity index (χ3n) is 4.87. The van der Waals surface area contributed by atoms with Crippen LogP contribution < -0.4 is 10.6 Å². The van der Waals surface area contributed by atoms with Crippen LogP contribution >= 0.6 is 0 Å². The molecule has 0 bridgehead atoms. The minimum absolute atomic E-state index is 0.137. The van der Waals surface area contributed by atoms with E-state index in [2.05, 4.69) is 29.5 Å². The molecule has 2 saturated heterocycles. The number of piperidine rings is 1. The number of hydrogen-bond acceptors (Lipinski definition) is 3. The highest BCUT2D eigenvalue weighted by atomic mass is 16.2. The second-order valence-corrected chi connectivity index (χ2v) is 6.30. The van der Waals surface area contributed by atoms with Gasteiger partial charge in [-0.05, 0) is 45.8 Å².